The first-order chi connectivity index (χ1) is 9.06. The van der Waals surface area contributed by atoms with Crippen LogP contribution in [0.4, 0.5) is 11.5 Å². The molecule has 0 aliphatic rings. The summed E-state index contributed by atoms with van der Waals surface area (Å²) in [6, 6.07) is 5.75. The highest BCUT2D eigenvalue weighted by Gasteiger charge is 2.12. The van der Waals surface area contributed by atoms with Crippen molar-refractivity contribution < 1.29 is 4.92 Å². The van der Waals surface area contributed by atoms with Gasteiger partial charge in [-0.2, -0.15) is 0 Å². The number of nitrogens with zero attached hydrogens (tertiary/aromatic N) is 2. The molecule has 0 bridgehead atoms. The first-order valence-corrected chi connectivity index (χ1v) is 7.32. The van der Waals surface area contributed by atoms with Crippen LogP contribution in [0.15, 0.2) is 34.2 Å². The van der Waals surface area contributed by atoms with Crippen molar-refractivity contribution in [3.63, 3.8) is 0 Å². The van der Waals surface area contributed by atoms with Gasteiger partial charge in [0.15, 0.2) is 0 Å². The Kier molecular flexibility index (Phi) is 4.49. The smallest absolute Gasteiger partial charge is 0.288 e. The van der Waals surface area contributed by atoms with Crippen LogP contribution in [0, 0.1) is 10.1 Å². The quantitative estimate of drug-likeness (QED) is 0.662. The molecule has 0 aromatic carbocycles. The molecule has 0 saturated heterocycles. The number of anilines is 1. The monoisotopic (exact) mass is 341 g/mol. The van der Waals surface area contributed by atoms with Crippen LogP contribution in [0.25, 0.3) is 0 Å². The maximum atomic E-state index is 10.6. The molecule has 0 saturated carbocycles. The second-order valence-corrected chi connectivity index (χ2v) is 6.00. The number of hydrogen-bond acceptors (Lipinski definition) is 5. The van der Waals surface area contributed by atoms with Crippen molar-refractivity contribution in [1.29, 1.82) is 0 Å². The van der Waals surface area contributed by atoms with Gasteiger partial charge in [-0.3, -0.25) is 10.1 Å². The summed E-state index contributed by atoms with van der Waals surface area (Å²) in [5, 5.41) is 15.9. The number of rotatable bonds is 5. The summed E-state index contributed by atoms with van der Waals surface area (Å²) >= 11 is 5.01. The number of thiophene rings is 1. The minimum absolute atomic E-state index is 0.0247. The zero-order valence-electron chi connectivity index (χ0n) is 10.2. The molecule has 2 heterocycles. The Morgan fingerprint density at radius 2 is 2.42 bits per heavy atom. The van der Waals surface area contributed by atoms with Gasteiger partial charge in [0.2, 0.25) is 0 Å². The van der Waals surface area contributed by atoms with Gasteiger partial charge < -0.3 is 5.32 Å². The lowest BCUT2D eigenvalue weighted by atomic mass is 10.2. The van der Waals surface area contributed by atoms with Crippen molar-refractivity contribution in [2.45, 2.75) is 19.4 Å². The van der Waals surface area contributed by atoms with Gasteiger partial charge in [-0.25, -0.2) is 4.98 Å². The molecule has 1 N–H and O–H groups in total. The van der Waals surface area contributed by atoms with Crippen LogP contribution < -0.4 is 5.32 Å². The Balaban J connectivity index is 2.04. The first-order valence-electron chi connectivity index (χ1n) is 5.65. The molecule has 0 aliphatic carbocycles. The van der Waals surface area contributed by atoms with Gasteiger partial charge in [0.1, 0.15) is 12.0 Å². The van der Waals surface area contributed by atoms with E-state index in [2.05, 4.69) is 39.2 Å². The number of aromatic nitrogens is 1. The van der Waals surface area contributed by atoms with E-state index in [1.54, 1.807) is 11.3 Å². The Hall–Kier alpha value is -1.47. The van der Waals surface area contributed by atoms with Crippen molar-refractivity contribution >= 4 is 38.8 Å². The summed E-state index contributed by atoms with van der Waals surface area (Å²) in [4.78, 5) is 15.5. The minimum atomic E-state index is -0.462. The molecular formula is C12H12BrN3O2S. The number of nitrogens with one attached hydrogen (secondary N) is 1. The minimum Gasteiger partial charge on any atom is -0.366 e. The van der Waals surface area contributed by atoms with Crippen molar-refractivity contribution in [3.8, 4) is 0 Å². The van der Waals surface area contributed by atoms with E-state index in [9.17, 15) is 10.1 Å². The van der Waals surface area contributed by atoms with E-state index in [4.69, 9.17) is 0 Å². The van der Waals surface area contributed by atoms with Crippen molar-refractivity contribution in [2.75, 3.05) is 5.32 Å². The average Bonchev–Trinajstić information content (AvgIpc) is 2.84. The molecule has 7 heteroatoms. The van der Waals surface area contributed by atoms with E-state index < -0.39 is 4.92 Å². The summed E-state index contributed by atoms with van der Waals surface area (Å²) in [6.45, 7) is 2.05. The second kappa shape index (κ2) is 6.12. The van der Waals surface area contributed by atoms with E-state index in [1.165, 1.54) is 17.1 Å². The fourth-order valence-corrected chi connectivity index (χ4v) is 2.94. The molecule has 1 atom stereocenters. The lowest BCUT2D eigenvalue weighted by molar-refractivity contribution is -0.385. The maximum Gasteiger partial charge on any atom is 0.288 e. The molecule has 19 heavy (non-hydrogen) atoms. The summed E-state index contributed by atoms with van der Waals surface area (Å²) in [5.41, 5.74) is -0.0247. The van der Waals surface area contributed by atoms with Gasteiger partial charge in [-0.15, -0.1) is 11.3 Å². The molecule has 100 valence electrons. The van der Waals surface area contributed by atoms with Crippen molar-refractivity contribution in [3.05, 3.63) is 49.2 Å². The van der Waals surface area contributed by atoms with Crippen molar-refractivity contribution in [1.82, 2.24) is 4.98 Å². The van der Waals surface area contributed by atoms with Gasteiger partial charge in [-0.05, 0) is 34.3 Å². The Labute approximate surface area is 123 Å². The lowest BCUT2D eigenvalue weighted by Gasteiger charge is -2.14. The van der Waals surface area contributed by atoms with Crippen LogP contribution in [0.2, 0.25) is 0 Å². The maximum absolute atomic E-state index is 10.6. The SMILES string of the molecule is CC(Cc1cccs1)Nc1ncc([N+](=O)[O-])cc1Br. The van der Waals surface area contributed by atoms with Crippen LogP contribution in [0.3, 0.4) is 0 Å². The third-order valence-electron chi connectivity index (χ3n) is 2.51. The number of halogens is 1. The largest absolute Gasteiger partial charge is 0.366 e. The Morgan fingerprint density at radius 3 is 3.00 bits per heavy atom. The molecule has 0 aliphatic heterocycles. The molecule has 1 unspecified atom stereocenters. The molecule has 2 aromatic rings. The molecule has 0 fully saturated rings. The summed E-state index contributed by atoms with van der Waals surface area (Å²) in [7, 11) is 0. The standard InChI is InChI=1S/C12H12BrN3O2S/c1-8(5-10-3-2-4-19-10)15-12-11(13)6-9(7-14-12)16(17)18/h2-4,6-8H,5H2,1H3,(H,14,15). The predicted molar refractivity (Wildman–Crippen MR) is 79.7 cm³/mol. The average molecular weight is 342 g/mol. The first kappa shape index (κ1) is 14.0. The van der Waals surface area contributed by atoms with E-state index in [-0.39, 0.29) is 11.7 Å². The van der Waals surface area contributed by atoms with Crippen LogP contribution in [-0.2, 0) is 6.42 Å². The Morgan fingerprint density at radius 1 is 1.63 bits per heavy atom. The van der Waals surface area contributed by atoms with Crippen LogP contribution >= 0.6 is 27.3 Å². The molecule has 2 rings (SSSR count). The van der Waals surface area contributed by atoms with Crippen LogP contribution in [-0.4, -0.2) is 15.9 Å². The summed E-state index contributed by atoms with van der Waals surface area (Å²) < 4.78 is 0.597. The van der Waals surface area contributed by atoms with Gasteiger partial charge >= 0.3 is 0 Å². The van der Waals surface area contributed by atoms with Crippen LogP contribution in [0.5, 0.6) is 0 Å². The topological polar surface area (TPSA) is 68.1 Å². The number of hydrogen-bond donors (Lipinski definition) is 1. The van der Waals surface area contributed by atoms with Gasteiger partial charge in [0, 0.05) is 23.4 Å². The molecule has 0 radical (unpaired) electrons. The number of pyridine rings is 1. The molecular weight excluding hydrogens is 330 g/mol. The normalized spacial score (nSPS) is 12.1. The molecule has 2 aromatic heterocycles. The molecule has 5 nitrogen and oxygen atoms in total. The molecule has 0 amide bonds. The summed E-state index contributed by atoms with van der Waals surface area (Å²) in [5.74, 6) is 0.620. The van der Waals surface area contributed by atoms with Gasteiger partial charge in [-0.1, -0.05) is 6.07 Å². The van der Waals surface area contributed by atoms with E-state index in [0.717, 1.165) is 6.42 Å². The zero-order valence-corrected chi connectivity index (χ0v) is 12.6. The fraction of sp³-hybridized carbons (Fsp3) is 0.250. The Bertz CT molecular complexity index is 574. The van der Waals surface area contributed by atoms with E-state index >= 15 is 0 Å². The van der Waals surface area contributed by atoms with Crippen LogP contribution in [0.1, 0.15) is 11.8 Å². The highest BCUT2D eigenvalue weighted by Crippen LogP contribution is 2.25. The second-order valence-electron chi connectivity index (χ2n) is 4.11. The fourth-order valence-electron chi connectivity index (χ4n) is 1.65. The predicted octanol–water partition coefficient (Wildman–Crippen LogP) is 3.86. The van der Waals surface area contributed by atoms with Gasteiger partial charge in [0.25, 0.3) is 5.69 Å². The third kappa shape index (κ3) is 3.74. The molecule has 0 spiro atoms. The highest BCUT2D eigenvalue weighted by molar-refractivity contribution is 9.10. The van der Waals surface area contributed by atoms with Crippen molar-refractivity contribution in [2.24, 2.45) is 0 Å². The lowest BCUT2D eigenvalue weighted by Crippen LogP contribution is -2.18. The third-order valence-corrected chi connectivity index (χ3v) is 4.01. The van der Waals surface area contributed by atoms with E-state index in [1.807, 2.05) is 11.4 Å². The van der Waals surface area contributed by atoms with Gasteiger partial charge in [0.05, 0.1) is 9.40 Å². The zero-order chi connectivity index (χ0) is 13.8. The summed E-state index contributed by atoms with van der Waals surface area (Å²) in [6.07, 6.45) is 2.15. The highest BCUT2D eigenvalue weighted by atomic mass is 79.9. The van der Waals surface area contributed by atoms with E-state index in [0.29, 0.717) is 10.3 Å². The number of nitro groups is 1.